The van der Waals surface area contributed by atoms with E-state index < -0.39 is 0 Å². The summed E-state index contributed by atoms with van der Waals surface area (Å²) in [7, 11) is 0. The second-order valence-electron chi connectivity index (χ2n) is 4.31. The Morgan fingerprint density at radius 1 is 1.11 bits per heavy atom. The summed E-state index contributed by atoms with van der Waals surface area (Å²) in [6.07, 6.45) is 0. The summed E-state index contributed by atoms with van der Waals surface area (Å²) < 4.78 is 0. The van der Waals surface area contributed by atoms with E-state index in [1.54, 1.807) is 6.07 Å². The van der Waals surface area contributed by atoms with Crippen LogP contribution in [-0.2, 0) is 6.54 Å². The van der Waals surface area contributed by atoms with Crippen molar-refractivity contribution in [2.45, 2.75) is 13.5 Å². The third kappa shape index (κ3) is 3.34. The van der Waals surface area contributed by atoms with Crippen LogP contribution in [0, 0.1) is 0 Å². The van der Waals surface area contributed by atoms with Gasteiger partial charge in [0.05, 0.1) is 11.4 Å². The SMILES string of the molecule is CCN(Cc1cc(Cl)ccc1Cl)c1ccccc1N. The first kappa shape index (κ1) is 14.0. The van der Waals surface area contributed by atoms with Crippen LogP contribution in [0.2, 0.25) is 10.0 Å². The van der Waals surface area contributed by atoms with Crippen molar-refractivity contribution in [2.24, 2.45) is 0 Å². The first-order chi connectivity index (χ1) is 9.11. The van der Waals surface area contributed by atoms with E-state index in [2.05, 4.69) is 11.8 Å². The van der Waals surface area contributed by atoms with Gasteiger partial charge in [-0.15, -0.1) is 0 Å². The predicted molar refractivity (Wildman–Crippen MR) is 84.0 cm³/mol. The molecule has 0 aliphatic rings. The molecule has 0 radical (unpaired) electrons. The smallest absolute Gasteiger partial charge is 0.0602 e. The fourth-order valence-electron chi connectivity index (χ4n) is 2.01. The van der Waals surface area contributed by atoms with Crippen LogP contribution in [0.15, 0.2) is 42.5 Å². The zero-order chi connectivity index (χ0) is 13.8. The highest BCUT2D eigenvalue weighted by atomic mass is 35.5. The number of para-hydroxylation sites is 2. The van der Waals surface area contributed by atoms with Crippen molar-refractivity contribution in [3.8, 4) is 0 Å². The third-order valence-corrected chi connectivity index (χ3v) is 3.63. The van der Waals surface area contributed by atoms with Gasteiger partial charge in [-0.1, -0.05) is 35.3 Å². The van der Waals surface area contributed by atoms with Gasteiger partial charge in [0.2, 0.25) is 0 Å². The average Bonchev–Trinajstić information content (AvgIpc) is 2.41. The minimum absolute atomic E-state index is 0.685. The number of anilines is 2. The van der Waals surface area contributed by atoms with E-state index in [0.29, 0.717) is 11.6 Å². The summed E-state index contributed by atoms with van der Waals surface area (Å²) in [6, 6.07) is 13.3. The Morgan fingerprint density at radius 3 is 2.53 bits per heavy atom. The lowest BCUT2D eigenvalue weighted by atomic mass is 10.2. The molecule has 0 fully saturated rings. The van der Waals surface area contributed by atoms with Gasteiger partial charge in [-0.25, -0.2) is 0 Å². The van der Waals surface area contributed by atoms with Crippen LogP contribution < -0.4 is 10.6 Å². The molecule has 0 amide bonds. The summed E-state index contributed by atoms with van der Waals surface area (Å²) in [5, 5.41) is 1.41. The Hall–Kier alpha value is -1.38. The minimum Gasteiger partial charge on any atom is -0.397 e. The molecule has 19 heavy (non-hydrogen) atoms. The number of hydrogen-bond donors (Lipinski definition) is 1. The Morgan fingerprint density at radius 2 is 1.84 bits per heavy atom. The fraction of sp³-hybridized carbons (Fsp3) is 0.200. The molecule has 0 aliphatic heterocycles. The molecule has 100 valence electrons. The van der Waals surface area contributed by atoms with Crippen LogP contribution in [0.4, 0.5) is 11.4 Å². The van der Waals surface area contributed by atoms with Gasteiger partial charge in [0, 0.05) is 23.1 Å². The average molecular weight is 295 g/mol. The molecule has 0 heterocycles. The molecule has 0 bridgehead atoms. The zero-order valence-corrected chi connectivity index (χ0v) is 12.2. The van der Waals surface area contributed by atoms with Gasteiger partial charge in [0.25, 0.3) is 0 Å². The lowest BCUT2D eigenvalue weighted by Crippen LogP contribution is -2.23. The van der Waals surface area contributed by atoms with E-state index in [0.717, 1.165) is 28.5 Å². The maximum absolute atomic E-state index is 6.21. The zero-order valence-electron chi connectivity index (χ0n) is 10.7. The Labute approximate surface area is 123 Å². The van der Waals surface area contributed by atoms with Crippen LogP contribution in [0.25, 0.3) is 0 Å². The Balaban J connectivity index is 2.29. The first-order valence-corrected chi connectivity index (χ1v) is 6.90. The molecule has 2 N–H and O–H groups in total. The highest BCUT2D eigenvalue weighted by Crippen LogP contribution is 2.27. The molecule has 0 aromatic heterocycles. The van der Waals surface area contributed by atoms with Gasteiger partial charge >= 0.3 is 0 Å². The predicted octanol–water partition coefficient (Wildman–Crippen LogP) is 4.60. The normalized spacial score (nSPS) is 10.5. The second kappa shape index (κ2) is 6.18. The van der Waals surface area contributed by atoms with Gasteiger partial charge in [0.15, 0.2) is 0 Å². The highest BCUT2D eigenvalue weighted by Gasteiger charge is 2.10. The van der Waals surface area contributed by atoms with Crippen molar-refractivity contribution in [3.05, 3.63) is 58.1 Å². The summed E-state index contributed by atoms with van der Waals surface area (Å²) in [4.78, 5) is 2.17. The minimum atomic E-state index is 0.685. The molecule has 2 rings (SSSR count). The monoisotopic (exact) mass is 294 g/mol. The molecule has 0 aliphatic carbocycles. The number of nitrogen functional groups attached to an aromatic ring is 1. The number of nitrogens with two attached hydrogens (primary N) is 1. The molecular formula is C15H16Cl2N2. The lowest BCUT2D eigenvalue weighted by Gasteiger charge is -2.25. The second-order valence-corrected chi connectivity index (χ2v) is 5.15. The molecule has 0 unspecified atom stereocenters. The van der Waals surface area contributed by atoms with E-state index in [9.17, 15) is 0 Å². The number of rotatable bonds is 4. The number of benzene rings is 2. The topological polar surface area (TPSA) is 29.3 Å². The molecule has 2 aromatic carbocycles. The van der Waals surface area contributed by atoms with Crippen LogP contribution in [0.3, 0.4) is 0 Å². The maximum Gasteiger partial charge on any atom is 0.0602 e. The van der Waals surface area contributed by atoms with Crippen molar-refractivity contribution >= 4 is 34.6 Å². The van der Waals surface area contributed by atoms with Gasteiger partial charge in [0.1, 0.15) is 0 Å². The van der Waals surface area contributed by atoms with Crippen LogP contribution >= 0.6 is 23.2 Å². The van der Waals surface area contributed by atoms with Crippen molar-refractivity contribution < 1.29 is 0 Å². The van der Waals surface area contributed by atoms with E-state index in [1.807, 2.05) is 36.4 Å². The third-order valence-electron chi connectivity index (χ3n) is 3.03. The van der Waals surface area contributed by atoms with Gasteiger partial charge in [-0.3, -0.25) is 0 Å². The van der Waals surface area contributed by atoms with E-state index >= 15 is 0 Å². The van der Waals surface area contributed by atoms with E-state index in [1.165, 1.54) is 0 Å². The molecule has 0 saturated carbocycles. The molecule has 2 aromatic rings. The summed E-state index contributed by atoms with van der Waals surface area (Å²) in [5.41, 5.74) is 8.80. The van der Waals surface area contributed by atoms with Gasteiger partial charge in [-0.2, -0.15) is 0 Å². The number of halogens is 2. The Bertz CT molecular complexity index is 570. The van der Waals surface area contributed by atoms with Crippen molar-refractivity contribution in [3.63, 3.8) is 0 Å². The quantitative estimate of drug-likeness (QED) is 0.835. The number of hydrogen-bond acceptors (Lipinski definition) is 2. The molecule has 4 heteroatoms. The maximum atomic E-state index is 6.21. The summed E-state index contributed by atoms with van der Waals surface area (Å²) in [6.45, 7) is 3.62. The fourth-order valence-corrected chi connectivity index (χ4v) is 2.38. The lowest BCUT2D eigenvalue weighted by molar-refractivity contribution is 0.833. The van der Waals surface area contributed by atoms with Gasteiger partial charge in [-0.05, 0) is 42.8 Å². The first-order valence-electron chi connectivity index (χ1n) is 6.15. The van der Waals surface area contributed by atoms with E-state index in [4.69, 9.17) is 28.9 Å². The van der Waals surface area contributed by atoms with Crippen molar-refractivity contribution in [1.82, 2.24) is 0 Å². The molecule has 0 saturated heterocycles. The van der Waals surface area contributed by atoms with Crippen LogP contribution in [0.5, 0.6) is 0 Å². The molecule has 0 spiro atoms. The van der Waals surface area contributed by atoms with E-state index in [-0.39, 0.29) is 0 Å². The van der Waals surface area contributed by atoms with Crippen molar-refractivity contribution in [2.75, 3.05) is 17.2 Å². The van der Waals surface area contributed by atoms with Crippen LogP contribution in [0.1, 0.15) is 12.5 Å². The summed E-state index contributed by atoms with van der Waals surface area (Å²) >= 11 is 12.2. The van der Waals surface area contributed by atoms with Gasteiger partial charge < -0.3 is 10.6 Å². The Kier molecular flexibility index (Phi) is 4.56. The van der Waals surface area contributed by atoms with Crippen LogP contribution in [-0.4, -0.2) is 6.54 Å². The highest BCUT2D eigenvalue weighted by molar-refractivity contribution is 6.33. The number of nitrogens with zero attached hydrogens (tertiary/aromatic N) is 1. The standard InChI is InChI=1S/C15H16Cl2N2/c1-2-19(15-6-4-3-5-14(15)18)10-11-9-12(16)7-8-13(11)17/h3-9H,2,10,18H2,1H3. The van der Waals surface area contributed by atoms with Crippen molar-refractivity contribution in [1.29, 1.82) is 0 Å². The largest absolute Gasteiger partial charge is 0.397 e. The molecule has 2 nitrogen and oxygen atoms in total. The molecular weight excluding hydrogens is 279 g/mol. The molecule has 0 atom stereocenters. The summed E-state index contributed by atoms with van der Waals surface area (Å²) in [5.74, 6) is 0.